The molecule has 0 amide bonds. The zero-order chi connectivity index (χ0) is 11.8. The van der Waals surface area contributed by atoms with Crippen molar-refractivity contribution in [2.75, 3.05) is 11.9 Å². The highest BCUT2D eigenvalue weighted by atomic mass is 16.1. The van der Waals surface area contributed by atoms with Gasteiger partial charge in [0.1, 0.15) is 6.04 Å². The maximum absolute atomic E-state index is 12.3. The van der Waals surface area contributed by atoms with Crippen molar-refractivity contribution in [3.8, 4) is 0 Å². The first-order valence-corrected chi connectivity index (χ1v) is 5.56. The molecule has 0 spiro atoms. The summed E-state index contributed by atoms with van der Waals surface area (Å²) in [6.45, 7) is 0. The van der Waals surface area contributed by atoms with Gasteiger partial charge in [-0.05, 0) is 24.3 Å². The smallest absolute Gasteiger partial charge is 0.193 e. The number of benzene rings is 1. The molecule has 1 aliphatic heterocycles. The predicted octanol–water partition coefficient (Wildman–Crippen LogP) is 2.46. The van der Waals surface area contributed by atoms with E-state index in [1.165, 1.54) is 0 Å². The molecule has 0 bridgehead atoms. The Morgan fingerprint density at radius 1 is 1.12 bits per heavy atom. The van der Waals surface area contributed by atoms with E-state index in [0.717, 1.165) is 16.9 Å². The van der Waals surface area contributed by atoms with Gasteiger partial charge in [-0.2, -0.15) is 0 Å². The largest absolute Gasteiger partial charge is 0.358 e. The Hall–Kier alpha value is -2.16. The summed E-state index contributed by atoms with van der Waals surface area (Å²) in [5.74, 6) is 0.127. The van der Waals surface area contributed by atoms with Crippen molar-refractivity contribution in [1.82, 2.24) is 4.98 Å². The third-order valence-electron chi connectivity index (χ3n) is 3.15. The van der Waals surface area contributed by atoms with Gasteiger partial charge < -0.3 is 4.90 Å². The zero-order valence-corrected chi connectivity index (χ0v) is 9.50. The van der Waals surface area contributed by atoms with E-state index in [-0.39, 0.29) is 11.8 Å². The number of aromatic nitrogens is 1. The number of carbonyl (C=O) groups is 1. The molecular weight excluding hydrogens is 212 g/mol. The number of Topliss-reactive ketones (excluding diaryl/α,β-unsaturated/α-hetero) is 1. The highest BCUT2D eigenvalue weighted by Crippen LogP contribution is 2.37. The average molecular weight is 224 g/mol. The Kier molecular flexibility index (Phi) is 2.18. The quantitative estimate of drug-likeness (QED) is 0.746. The second-order valence-electron chi connectivity index (χ2n) is 4.15. The summed E-state index contributed by atoms with van der Waals surface area (Å²) in [6.07, 6.45) is 1.72. The van der Waals surface area contributed by atoms with Gasteiger partial charge in [-0.3, -0.25) is 9.78 Å². The summed E-state index contributed by atoms with van der Waals surface area (Å²) in [7, 11) is 1.93. The normalized spacial score (nSPS) is 18.3. The van der Waals surface area contributed by atoms with Crippen molar-refractivity contribution in [2.24, 2.45) is 0 Å². The van der Waals surface area contributed by atoms with Crippen LogP contribution in [0.3, 0.4) is 0 Å². The molecule has 0 saturated carbocycles. The SMILES string of the molecule is CN1c2ccccc2C(=O)C1c1ccccn1. The van der Waals surface area contributed by atoms with Gasteiger partial charge in [-0.25, -0.2) is 0 Å². The monoisotopic (exact) mass is 224 g/mol. The third-order valence-corrected chi connectivity index (χ3v) is 3.15. The van der Waals surface area contributed by atoms with Gasteiger partial charge in [0.05, 0.1) is 5.69 Å². The molecule has 0 saturated heterocycles. The predicted molar refractivity (Wildman–Crippen MR) is 66.2 cm³/mol. The van der Waals surface area contributed by atoms with Gasteiger partial charge in [0.25, 0.3) is 0 Å². The fourth-order valence-corrected chi connectivity index (χ4v) is 2.32. The van der Waals surface area contributed by atoms with E-state index in [0.29, 0.717) is 0 Å². The molecule has 3 heteroatoms. The molecule has 0 aliphatic carbocycles. The van der Waals surface area contributed by atoms with Gasteiger partial charge in [-0.1, -0.05) is 18.2 Å². The van der Waals surface area contributed by atoms with Crippen LogP contribution in [0, 0.1) is 0 Å². The molecule has 1 unspecified atom stereocenters. The number of hydrogen-bond acceptors (Lipinski definition) is 3. The molecule has 1 aromatic carbocycles. The standard InChI is InChI=1S/C14H12N2O/c1-16-12-8-3-2-6-10(12)14(17)13(16)11-7-4-5-9-15-11/h2-9,13H,1H3. The highest BCUT2D eigenvalue weighted by Gasteiger charge is 2.36. The van der Waals surface area contributed by atoms with Crippen LogP contribution >= 0.6 is 0 Å². The van der Waals surface area contributed by atoms with Crippen LogP contribution in [-0.2, 0) is 0 Å². The topological polar surface area (TPSA) is 33.2 Å². The van der Waals surface area contributed by atoms with E-state index in [9.17, 15) is 4.79 Å². The number of rotatable bonds is 1. The maximum atomic E-state index is 12.3. The minimum Gasteiger partial charge on any atom is -0.358 e. The Morgan fingerprint density at radius 3 is 2.59 bits per heavy atom. The van der Waals surface area contributed by atoms with Crippen LogP contribution < -0.4 is 4.90 Å². The van der Waals surface area contributed by atoms with E-state index in [2.05, 4.69) is 4.98 Å². The van der Waals surface area contributed by atoms with E-state index in [1.807, 2.05) is 54.4 Å². The molecule has 3 rings (SSSR count). The Labute approximate surface area is 99.7 Å². The number of pyridine rings is 1. The number of carbonyl (C=O) groups excluding carboxylic acids is 1. The van der Waals surface area contributed by atoms with E-state index >= 15 is 0 Å². The lowest BCUT2D eigenvalue weighted by atomic mass is 10.1. The zero-order valence-electron chi connectivity index (χ0n) is 9.50. The number of para-hydroxylation sites is 1. The number of nitrogens with zero attached hydrogens (tertiary/aromatic N) is 2. The third kappa shape index (κ3) is 1.43. The van der Waals surface area contributed by atoms with Crippen LogP contribution in [0.1, 0.15) is 22.1 Å². The molecule has 3 nitrogen and oxygen atoms in total. The maximum Gasteiger partial charge on any atom is 0.193 e. The number of hydrogen-bond donors (Lipinski definition) is 0. The molecule has 0 fully saturated rings. The van der Waals surface area contributed by atoms with Gasteiger partial charge >= 0.3 is 0 Å². The van der Waals surface area contributed by atoms with Crippen LogP contribution in [0.15, 0.2) is 48.7 Å². The van der Waals surface area contributed by atoms with Crippen LogP contribution in [-0.4, -0.2) is 17.8 Å². The molecule has 1 aliphatic rings. The summed E-state index contributed by atoms with van der Waals surface area (Å²) in [6, 6.07) is 13.1. The molecule has 0 N–H and O–H groups in total. The van der Waals surface area contributed by atoms with Gasteiger partial charge in [-0.15, -0.1) is 0 Å². The summed E-state index contributed by atoms with van der Waals surface area (Å²) < 4.78 is 0. The summed E-state index contributed by atoms with van der Waals surface area (Å²) in [5, 5.41) is 0. The molecule has 1 aromatic heterocycles. The van der Waals surface area contributed by atoms with Crippen molar-refractivity contribution >= 4 is 11.5 Å². The van der Waals surface area contributed by atoms with Crippen LogP contribution in [0.5, 0.6) is 0 Å². The van der Waals surface area contributed by atoms with E-state index < -0.39 is 0 Å². The van der Waals surface area contributed by atoms with Crippen molar-refractivity contribution in [3.05, 3.63) is 59.9 Å². The van der Waals surface area contributed by atoms with Crippen molar-refractivity contribution < 1.29 is 4.79 Å². The average Bonchev–Trinajstić information content (AvgIpc) is 2.64. The Morgan fingerprint density at radius 2 is 1.88 bits per heavy atom. The molecule has 1 atom stereocenters. The second kappa shape index (κ2) is 3.70. The summed E-state index contributed by atoms with van der Waals surface area (Å²) in [4.78, 5) is 18.6. The van der Waals surface area contributed by atoms with Crippen LogP contribution in [0.2, 0.25) is 0 Å². The Balaban J connectivity index is 2.10. The number of fused-ring (bicyclic) bond motifs is 1. The lowest BCUT2D eigenvalue weighted by Crippen LogP contribution is -2.24. The molecule has 84 valence electrons. The lowest BCUT2D eigenvalue weighted by Gasteiger charge is -2.20. The van der Waals surface area contributed by atoms with Crippen molar-refractivity contribution in [3.63, 3.8) is 0 Å². The van der Waals surface area contributed by atoms with Gasteiger partial charge in [0.2, 0.25) is 0 Å². The number of likely N-dealkylation sites (N-methyl/N-ethyl adjacent to an activating group) is 1. The molecule has 2 aromatic rings. The first-order chi connectivity index (χ1) is 8.29. The minimum atomic E-state index is -0.284. The fraction of sp³-hybridized carbons (Fsp3) is 0.143. The number of anilines is 1. The van der Waals surface area contributed by atoms with Gasteiger partial charge in [0.15, 0.2) is 5.78 Å². The molecule has 0 radical (unpaired) electrons. The van der Waals surface area contributed by atoms with Crippen molar-refractivity contribution in [2.45, 2.75) is 6.04 Å². The second-order valence-corrected chi connectivity index (χ2v) is 4.15. The first kappa shape index (κ1) is 10.0. The highest BCUT2D eigenvalue weighted by molar-refractivity contribution is 6.10. The van der Waals surface area contributed by atoms with Gasteiger partial charge in [0, 0.05) is 24.5 Å². The fourth-order valence-electron chi connectivity index (χ4n) is 2.32. The molecule has 17 heavy (non-hydrogen) atoms. The summed E-state index contributed by atoms with van der Waals surface area (Å²) in [5.41, 5.74) is 2.56. The van der Waals surface area contributed by atoms with E-state index in [4.69, 9.17) is 0 Å². The molecule has 2 heterocycles. The summed E-state index contributed by atoms with van der Waals surface area (Å²) >= 11 is 0. The van der Waals surface area contributed by atoms with Crippen LogP contribution in [0.4, 0.5) is 5.69 Å². The minimum absolute atomic E-state index is 0.127. The van der Waals surface area contributed by atoms with E-state index in [1.54, 1.807) is 6.20 Å². The lowest BCUT2D eigenvalue weighted by molar-refractivity contribution is 0.0971. The van der Waals surface area contributed by atoms with Crippen LogP contribution in [0.25, 0.3) is 0 Å². The Bertz CT molecular complexity index is 565. The first-order valence-electron chi connectivity index (χ1n) is 5.56. The number of ketones is 1. The van der Waals surface area contributed by atoms with Crippen molar-refractivity contribution in [1.29, 1.82) is 0 Å². The molecular formula is C14H12N2O.